The van der Waals surface area contributed by atoms with E-state index in [0.29, 0.717) is 28.3 Å². The van der Waals surface area contributed by atoms with Crippen LogP contribution < -0.4 is 20.1 Å². The quantitative estimate of drug-likeness (QED) is 0.507. The lowest BCUT2D eigenvalue weighted by Crippen LogP contribution is -2.30. The van der Waals surface area contributed by atoms with Gasteiger partial charge in [-0.05, 0) is 48.0 Å². The van der Waals surface area contributed by atoms with Gasteiger partial charge in [-0.15, -0.1) is 0 Å². The second-order valence-electron chi connectivity index (χ2n) is 6.50. The van der Waals surface area contributed by atoms with Gasteiger partial charge in [0.25, 0.3) is 11.8 Å². The number of ether oxygens (including phenoxy) is 2. The third kappa shape index (κ3) is 5.63. The van der Waals surface area contributed by atoms with Crippen LogP contribution in [0.3, 0.4) is 0 Å². The van der Waals surface area contributed by atoms with E-state index in [1.807, 2.05) is 0 Å². The Labute approximate surface area is 179 Å². The first-order valence-corrected chi connectivity index (χ1v) is 9.40. The lowest BCUT2D eigenvalue weighted by Gasteiger charge is -2.12. The minimum Gasteiger partial charge on any atom is -0.508 e. The SMILES string of the molecule is COc1ccc(/C=C(/NC(=O)c2ccccc2)C(=O)Nc2cccc(O)c2)cc1OC. The molecule has 158 valence electrons. The maximum absolute atomic E-state index is 12.9. The third-order valence-electron chi connectivity index (χ3n) is 4.35. The maximum atomic E-state index is 12.9. The van der Waals surface area contributed by atoms with Crippen molar-refractivity contribution in [2.45, 2.75) is 0 Å². The molecule has 0 aliphatic heterocycles. The Morgan fingerprint density at radius 3 is 2.29 bits per heavy atom. The predicted octanol–water partition coefficient (Wildman–Crippen LogP) is 3.82. The van der Waals surface area contributed by atoms with Crippen LogP contribution in [0.5, 0.6) is 17.2 Å². The minimum atomic E-state index is -0.551. The third-order valence-corrected chi connectivity index (χ3v) is 4.35. The van der Waals surface area contributed by atoms with Gasteiger partial charge in [-0.1, -0.05) is 30.3 Å². The fraction of sp³-hybridized carbons (Fsp3) is 0.0833. The van der Waals surface area contributed by atoms with E-state index in [-0.39, 0.29) is 11.4 Å². The molecule has 7 nitrogen and oxygen atoms in total. The molecule has 0 bridgehead atoms. The van der Waals surface area contributed by atoms with Crippen molar-refractivity contribution in [2.75, 3.05) is 19.5 Å². The second kappa shape index (κ2) is 9.98. The number of nitrogens with one attached hydrogen (secondary N) is 2. The van der Waals surface area contributed by atoms with Crippen molar-refractivity contribution in [3.8, 4) is 17.2 Å². The zero-order chi connectivity index (χ0) is 22.2. The molecule has 0 aliphatic rings. The van der Waals surface area contributed by atoms with E-state index >= 15 is 0 Å². The predicted molar refractivity (Wildman–Crippen MR) is 118 cm³/mol. The average Bonchev–Trinajstić information content (AvgIpc) is 2.79. The Bertz CT molecular complexity index is 1110. The van der Waals surface area contributed by atoms with Gasteiger partial charge in [0.2, 0.25) is 0 Å². The molecule has 0 spiro atoms. The van der Waals surface area contributed by atoms with E-state index in [1.165, 1.54) is 32.4 Å². The molecule has 0 atom stereocenters. The summed E-state index contributed by atoms with van der Waals surface area (Å²) in [7, 11) is 3.04. The molecule has 3 N–H and O–H groups in total. The fourth-order valence-electron chi connectivity index (χ4n) is 2.83. The lowest BCUT2D eigenvalue weighted by molar-refractivity contribution is -0.113. The van der Waals surface area contributed by atoms with Gasteiger partial charge in [-0.25, -0.2) is 0 Å². The summed E-state index contributed by atoms with van der Waals surface area (Å²) in [6.07, 6.45) is 1.53. The topological polar surface area (TPSA) is 96.9 Å². The zero-order valence-electron chi connectivity index (χ0n) is 17.1. The molecule has 0 aromatic heterocycles. The lowest BCUT2D eigenvalue weighted by atomic mass is 10.1. The number of rotatable bonds is 7. The number of aromatic hydroxyl groups is 1. The molecular formula is C24H22N2O5. The monoisotopic (exact) mass is 418 g/mol. The Morgan fingerprint density at radius 2 is 1.61 bits per heavy atom. The summed E-state index contributed by atoms with van der Waals surface area (Å²) < 4.78 is 10.5. The summed E-state index contributed by atoms with van der Waals surface area (Å²) in [5.74, 6) is 0.0525. The number of benzene rings is 3. The summed E-state index contributed by atoms with van der Waals surface area (Å²) >= 11 is 0. The van der Waals surface area contributed by atoms with Crippen LogP contribution in [0.1, 0.15) is 15.9 Å². The molecule has 31 heavy (non-hydrogen) atoms. The average molecular weight is 418 g/mol. The number of methoxy groups -OCH3 is 2. The molecular weight excluding hydrogens is 396 g/mol. The number of phenols is 1. The van der Waals surface area contributed by atoms with Crippen LogP contribution >= 0.6 is 0 Å². The van der Waals surface area contributed by atoms with E-state index in [9.17, 15) is 14.7 Å². The van der Waals surface area contributed by atoms with Gasteiger partial charge in [0.15, 0.2) is 11.5 Å². The number of hydrogen-bond donors (Lipinski definition) is 3. The molecule has 3 aromatic carbocycles. The van der Waals surface area contributed by atoms with Crippen molar-refractivity contribution in [1.82, 2.24) is 5.32 Å². The van der Waals surface area contributed by atoms with Gasteiger partial charge >= 0.3 is 0 Å². The highest BCUT2D eigenvalue weighted by Crippen LogP contribution is 2.28. The standard InChI is InChI=1S/C24H22N2O5/c1-30-21-12-11-16(14-22(21)31-2)13-20(26-23(28)17-7-4-3-5-8-17)24(29)25-18-9-6-10-19(27)15-18/h3-15,27H,1-2H3,(H,25,29)(H,26,28)/b20-13+. The Balaban J connectivity index is 1.94. The van der Waals surface area contributed by atoms with Gasteiger partial charge in [0.05, 0.1) is 14.2 Å². The summed E-state index contributed by atoms with van der Waals surface area (Å²) in [6, 6.07) is 19.8. The number of hydrogen-bond acceptors (Lipinski definition) is 5. The van der Waals surface area contributed by atoms with Crippen molar-refractivity contribution >= 4 is 23.6 Å². The first-order valence-electron chi connectivity index (χ1n) is 9.40. The Morgan fingerprint density at radius 1 is 0.871 bits per heavy atom. The van der Waals surface area contributed by atoms with Gasteiger partial charge in [-0.2, -0.15) is 0 Å². The summed E-state index contributed by atoms with van der Waals surface area (Å²) in [4.78, 5) is 25.6. The smallest absolute Gasteiger partial charge is 0.272 e. The molecule has 0 saturated heterocycles. The Kier molecular flexibility index (Phi) is 6.90. The Hall–Kier alpha value is -4.26. The van der Waals surface area contributed by atoms with Crippen LogP contribution in [-0.4, -0.2) is 31.1 Å². The summed E-state index contributed by atoms with van der Waals surface area (Å²) in [5.41, 5.74) is 1.43. The summed E-state index contributed by atoms with van der Waals surface area (Å²) in [6.45, 7) is 0. The van der Waals surface area contributed by atoms with Crippen molar-refractivity contribution in [3.63, 3.8) is 0 Å². The molecule has 3 rings (SSSR count). The normalized spacial score (nSPS) is 10.8. The van der Waals surface area contributed by atoms with Crippen molar-refractivity contribution in [2.24, 2.45) is 0 Å². The first kappa shape index (κ1) is 21.4. The van der Waals surface area contributed by atoms with E-state index < -0.39 is 11.8 Å². The largest absolute Gasteiger partial charge is 0.508 e. The van der Waals surface area contributed by atoms with E-state index in [0.717, 1.165) is 0 Å². The van der Waals surface area contributed by atoms with E-state index in [1.54, 1.807) is 60.7 Å². The highest BCUT2D eigenvalue weighted by atomic mass is 16.5. The van der Waals surface area contributed by atoms with Gasteiger partial charge in [0.1, 0.15) is 11.4 Å². The van der Waals surface area contributed by atoms with Crippen LogP contribution in [0.25, 0.3) is 6.08 Å². The highest BCUT2D eigenvalue weighted by molar-refractivity contribution is 6.10. The number of carbonyl (C=O) groups is 2. The minimum absolute atomic E-state index is 0.0107. The number of carbonyl (C=O) groups excluding carboxylic acids is 2. The van der Waals surface area contributed by atoms with E-state index in [4.69, 9.17) is 9.47 Å². The van der Waals surface area contributed by atoms with Gasteiger partial charge in [-0.3, -0.25) is 9.59 Å². The number of phenolic OH excluding ortho intramolecular Hbond substituents is 1. The molecule has 0 fully saturated rings. The van der Waals surface area contributed by atoms with Crippen molar-refractivity contribution < 1.29 is 24.2 Å². The van der Waals surface area contributed by atoms with Crippen molar-refractivity contribution in [3.05, 3.63) is 89.6 Å². The molecule has 0 saturated carbocycles. The summed E-state index contributed by atoms with van der Waals surface area (Å²) in [5, 5.41) is 15.0. The number of amides is 2. The van der Waals surface area contributed by atoms with Gasteiger partial charge in [0, 0.05) is 17.3 Å². The molecule has 7 heteroatoms. The molecule has 2 amide bonds. The van der Waals surface area contributed by atoms with Crippen LogP contribution in [-0.2, 0) is 4.79 Å². The van der Waals surface area contributed by atoms with Crippen LogP contribution in [0.4, 0.5) is 5.69 Å². The maximum Gasteiger partial charge on any atom is 0.272 e. The first-order chi connectivity index (χ1) is 15.0. The van der Waals surface area contributed by atoms with E-state index in [2.05, 4.69) is 10.6 Å². The zero-order valence-corrected chi connectivity index (χ0v) is 17.1. The number of anilines is 1. The van der Waals surface area contributed by atoms with Crippen molar-refractivity contribution in [1.29, 1.82) is 0 Å². The molecule has 3 aromatic rings. The molecule has 0 unspecified atom stereocenters. The fourth-order valence-corrected chi connectivity index (χ4v) is 2.83. The van der Waals surface area contributed by atoms with Gasteiger partial charge < -0.3 is 25.2 Å². The van der Waals surface area contributed by atoms with Crippen LogP contribution in [0, 0.1) is 0 Å². The van der Waals surface area contributed by atoms with Crippen LogP contribution in [0.15, 0.2) is 78.5 Å². The molecule has 0 aliphatic carbocycles. The van der Waals surface area contributed by atoms with Crippen LogP contribution in [0.2, 0.25) is 0 Å². The molecule has 0 heterocycles. The second-order valence-corrected chi connectivity index (χ2v) is 6.50. The highest BCUT2D eigenvalue weighted by Gasteiger charge is 2.16. The molecule has 0 radical (unpaired) electrons.